The van der Waals surface area contributed by atoms with Crippen molar-refractivity contribution in [3.8, 4) is 0 Å². The fourth-order valence-electron chi connectivity index (χ4n) is 2.22. The molecule has 0 spiro atoms. The molecule has 0 unspecified atom stereocenters. The maximum atomic E-state index is 12.2. The van der Waals surface area contributed by atoms with Crippen LogP contribution in [0.2, 0.25) is 0 Å². The molecular weight excluding hydrogens is 260 g/mol. The number of benzene rings is 2. The van der Waals surface area contributed by atoms with Gasteiger partial charge in [-0.2, -0.15) is 0 Å². The van der Waals surface area contributed by atoms with Gasteiger partial charge in [0, 0.05) is 0 Å². The third-order valence-corrected chi connectivity index (χ3v) is 3.57. The van der Waals surface area contributed by atoms with E-state index in [4.69, 9.17) is 5.73 Å². The van der Waals surface area contributed by atoms with Gasteiger partial charge in [-0.25, -0.2) is 0 Å². The molecule has 2 aromatic carbocycles. The molecule has 0 saturated carbocycles. The molecule has 0 aliphatic rings. The van der Waals surface area contributed by atoms with Crippen LogP contribution in [0, 0.1) is 6.92 Å². The monoisotopic (exact) mass is 282 g/mol. The first-order valence-corrected chi connectivity index (χ1v) is 7.22. The zero-order valence-electron chi connectivity index (χ0n) is 12.5. The van der Waals surface area contributed by atoms with Gasteiger partial charge in [-0.1, -0.05) is 60.2 Å². The Kier molecular flexibility index (Phi) is 5.12. The van der Waals surface area contributed by atoms with E-state index in [1.807, 2.05) is 68.4 Å². The van der Waals surface area contributed by atoms with Crippen LogP contribution in [0.1, 0.15) is 29.7 Å². The highest BCUT2D eigenvalue weighted by atomic mass is 16.2. The highest BCUT2D eigenvalue weighted by Crippen LogP contribution is 2.13. The average molecular weight is 282 g/mol. The maximum Gasteiger partial charge on any atom is 0.237 e. The Morgan fingerprint density at radius 1 is 1.10 bits per heavy atom. The van der Waals surface area contributed by atoms with Gasteiger partial charge >= 0.3 is 0 Å². The quantitative estimate of drug-likeness (QED) is 0.886. The van der Waals surface area contributed by atoms with E-state index < -0.39 is 6.04 Å². The van der Waals surface area contributed by atoms with Crippen molar-refractivity contribution >= 4 is 5.91 Å². The van der Waals surface area contributed by atoms with Crippen LogP contribution in [0.5, 0.6) is 0 Å². The van der Waals surface area contributed by atoms with Gasteiger partial charge in [0.05, 0.1) is 12.1 Å². The summed E-state index contributed by atoms with van der Waals surface area (Å²) in [5.41, 5.74) is 9.35. The normalized spacial score (nSPS) is 13.5. The number of nitrogens with one attached hydrogen (secondary N) is 1. The third-order valence-electron chi connectivity index (χ3n) is 3.57. The topological polar surface area (TPSA) is 55.1 Å². The molecule has 0 heterocycles. The van der Waals surface area contributed by atoms with Crippen LogP contribution in [0.3, 0.4) is 0 Å². The smallest absolute Gasteiger partial charge is 0.237 e. The highest BCUT2D eigenvalue weighted by Gasteiger charge is 2.16. The van der Waals surface area contributed by atoms with Gasteiger partial charge in [0.15, 0.2) is 0 Å². The summed E-state index contributed by atoms with van der Waals surface area (Å²) >= 11 is 0. The molecule has 0 bridgehead atoms. The summed E-state index contributed by atoms with van der Waals surface area (Å²) in [7, 11) is 0. The number of carbonyl (C=O) groups excluding carboxylic acids is 1. The number of aryl methyl sites for hydroxylation is 1. The Bertz CT molecular complexity index is 578. The zero-order valence-corrected chi connectivity index (χ0v) is 12.5. The summed E-state index contributed by atoms with van der Waals surface area (Å²) in [6.07, 6.45) is 0.549. The summed E-state index contributed by atoms with van der Waals surface area (Å²) in [5.74, 6) is -0.119. The molecule has 0 aromatic heterocycles. The molecule has 2 atom stereocenters. The minimum Gasteiger partial charge on any atom is -0.348 e. The Balaban J connectivity index is 1.92. The van der Waals surface area contributed by atoms with Crippen LogP contribution < -0.4 is 11.1 Å². The van der Waals surface area contributed by atoms with E-state index in [1.54, 1.807) is 0 Å². The number of amides is 1. The van der Waals surface area contributed by atoms with Crippen molar-refractivity contribution in [1.82, 2.24) is 5.32 Å². The molecule has 0 fully saturated rings. The minimum absolute atomic E-state index is 0.0417. The predicted octanol–water partition coefficient (Wildman–Crippen LogP) is 2.74. The lowest BCUT2D eigenvalue weighted by molar-refractivity contribution is -0.123. The summed E-state index contributed by atoms with van der Waals surface area (Å²) < 4.78 is 0. The molecule has 0 radical (unpaired) electrons. The average Bonchev–Trinajstić information content (AvgIpc) is 2.48. The molecule has 0 aliphatic heterocycles. The van der Waals surface area contributed by atoms with E-state index in [9.17, 15) is 4.79 Å². The zero-order chi connectivity index (χ0) is 15.2. The lowest BCUT2D eigenvalue weighted by Gasteiger charge is -2.18. The van der Waals surface area contributed by atoms with Crippen LogP contribution in [0.15, 0.2) is 54.6 Å². The number of carbonyl (C=O) groups is 1. The van der Waals surface area contributed by atoms with Crippen molar-refractivity contribution in [2.75, 3.05) is 0 Å². The minimum atomic E-state index is -0.528. The van der Waals surface area contributed by atoms with Gasteiger partial charge in [-0.05, 0) is 31.4 Å². The van der Waals surface area contributed by atoms with E-state index in [0.29, 0.717) is 6.42 Å². The fraction of sp³-hybridized carbons (Fsp3) is 0.278. The number of rotatable bonds is 5. The van der Waals surface area contributed by atoms with Gasteiger partial charge in [-0.3, -0.25) is 4.79 Å². The molecule has 110 valence electrons. The lowest BCUT2D eigenvalue weighted by atomic mass is 10.0. The predicted molar refractivity (Wildman–Crippen MR) is 85.9 cm³/mol. The maximum absolute atomic E-state index is 12.2. The molecule has 3 N–H and O–H groups in total. The van der Waals surface area contributed by atoms with Gasteiger partial charge in [0.25, 0.3) is 0 Å². The highest BCUT2D eigenvalue weighted by molar-refractivity contribution is 5.82. The summed E-state index contributed by atoms with van der Waals surface area (Å²) in [5, 5.41) is 2.97. The Morgan fingerprint density at radius 2 is 1.71 bits per heavy atom. The molecule has 3 heteroatoms. The summed E-state index contributed by atoms with van der Waals surface area (Å²) in [6, 6.07) is 17.4. The van der Waals surface area contributed by atoms with E-state index in [2.05, 4.69) is 5.32 Å². The molecule has 2 rings (SSSR count). The van der Waals surface area contributed by atoms with Crippen LogP contribution in [0.25, 0.3) is 0 Å². The van der Waals surface area contributed by atoms with Crippen LogP contribution in [-0.4, -0.2) is 11.9 Å². The molecule has 2 aromatic rings. The van der Waals surface area contributed by atoms with Crippen molar-refractivity contribution in [1.29, 1.82) is 0 Å². The van der Waals surface area contributed by atoms with E-state index in [-0.39, 0.29) is 11.9 Å². The number of hydrogen-bond donors (Lipinski definition) is 2. The standard InChI is InChI=1S/C18H22N2O/c1-13-8-10-16(11-9-13)14(2)20-18(21)17(19)12-15-6-4-3-5-7-15/h3-11,14,17H,12,19H2,1-2H3,(H,20,21)/t14-,17-/m1/s1. The number of hydrogen-bond acceptors (Lipinski definition) is 2. The first-order chi connectivity index (χ1) is 10.1. The second kappa shape index (κ2) is 7.04. The SMILES string of the molecule is Cc1ccc([C@@H](C)NC(=O)[C@H](N)Cc2ccccc2)cc1. The molecular formula is C18H22N2O. The first kappa shape index (κ1) is 15.3. The Morgan fingerprint density at radius 3 is 2.33 bits per heavy atom. The molecule has 1 amide bonds. The van der Waals surface area contributed by atoms with Gasteiger partial charge in [0.1, 0.15) is 0 Å². The first-order valence-electron chi connectivity index (χ1n) is 7.22. The van der Waals surface area contributed by atoms with Gasteiger partial charge in [-0.15, -0.1) is 0 Å². The van der Waals surface area contributed by atoms with Gasteiger partial charge < -0.3 is 11.1 Å². The van der Waals surface area contributed by atoms with Crippen LogP contribution in [0.4, 0.5) is 0 Å². The van der Waals surface area contributed by atoms with Crippen molar-refractivity contribution < 1.29 is 4.79 Å². The Hall–Kier alpha value is -2.13. The van der Waals surface area contributed by atoms with Gasteiger partial charge in [0.2, 0.25) is 5.91 Å². The second-order valence-electron chi connectivity index (χ2n) is 5.44. The van der Waals surface area contributed by atoms with Crippen molar-refractivity contribution in [3.05, 3.63) is 71.3 Å². The van der Waals surface area contributed by atoms with Crippen LogP contribution in [-0.2, 0) is 11.2 Å². The third kappa shape index (κ3) is 4.43. The van der Waals surface area contributed by atoms with E-state index in [1.165, 1.54) is 5.56 Å². The molecule has 0 saturated heterocycles. The lowest BCUT2D eigenvalue weighted by Crippen LogP contribution is -2.42. The molecule has 21 heavy (non-hydrogen) atoms. The van der Waals surface area contributed by atoms with E-state index >= 15 is 0 Å². The molecule has 3 nitrogen and oxygen atoms in total. The Labute approximate surface area is 126 Å². The van der Waals surface area contributed by atoms with E-state index in [0.717, 1.165) is 11.1 Å². The number of nitrogens with two attached hydrogens (primary N) is 1. The summed E-state index contributed by atoms with van der Waals surface area (Å²) in [4.78, 5) is 12.2. The summed E-state index contributed by atoms with van der Waals surface area (Å²) in [6.45, 7) is 4.01. The second-order valence-corrected chi connectivity index (χ2v) is 5.44. The van der Waals surface area contributed by atoms with Crippen molar-refractivity contribution in [3.63, 3.8) is 0 Å². The fourth-order valence-corrected chi connectivity index (χ4v) is 2.22. The molecule has 0 aliphatic carbocycles. The largest absolute Gasteiger partial charge is 0.348 e. The van der Waals surface area contributed by atoms with Crippen molar-refractivity contribution in [2.24, 2.45) is 5.73 Å². The van der Waals surface area contributed by atoms with Crippen LogP contribution >= 0.6 is 0 Å². The van der Waals surface area contributed by atoms with Crippen molar-refractivity contribution in [2.45, 2.75) is 32.4 Å².